The summed E-state index contributed by atoms with van der Waals surface area (Å²) >= 11 is 4.71. The van der Waals surface area contributed by atoms with Crippen LogP contribution in [0, 0.1) is 0 Å². The van der Waals surface area contributed by atoms with Crippen molar-refractivity contribution in [1.82, 2.24) is 36.9 Å². The number of aromatic nitrogens is 1. The van der Waals surface area contributed by atoms with Gasteiger partial charge in [0, 0.05) is 31.1 Å². The molecule has 94 heavy (non-hydrogen) atoms. The first kappa shape index (κ1) is 91.1. The number of phenols is 1. The number of pyridine rings is 1. The normalized spacial score (nSPS) is 17.6. The van der Waals surface area contributed by atoms with Crippen molar-refractivity contribution in [2.75, 3.05) is 32.7 Å². The number of ether oxygens (including phenoxy) is 4. The van der Waals surface area contributed by atoms with E-state index in [1.54, 1.807) is 18.3 Å². The second kappa shape index (κ2) is 53.2. The monoisotopic (exact) mass is 1420 g/mol. The molecular weight excluding hydrogens is 1320 g/mol. The fourth-order valence-electron chi connectivity index (χ4n) is 8.41. The first-order valence-electron chi connectivity index (χ1n) is 30.0. The summed E-state index contributed by atoms with van der Waals surface area (Å²) in [6.07, 6.45) is 20.1. The molecular formula is C61H95Cl2CuN12O18. The summed E-state index contributed by atoms with van der Waals surface area (Å²) in [5.74, 6) is -3.90. The molecule has 6 atom stereocenters. The number of esters is 4. The van der Waals surface area contributed by atoms with E-state index in [9.17, 15) is 53.1 Å². The van der Waals surface area contributed by atoms with E-state index in [-0.39, 0.29) is 52.8 Å². The number of aromatic hydroxyl groups is 1. The topological polar surface area (TPSA) is 501 Å². The van der Waals surface area contributed by atoms with Crippen LogP contribution < -0.4 is 60.6 Å². The summed E-state index contributed by atoms with van der Waals surface area (Å²) in [5.41, 5.74) is 27.2. The first-order valence-corrected chi connectivity index (χ1v) is 30.4. The number of carboxylic acid groups (broad SMARTS) is 2. The molecule has 0 saturated carbocycles. The smallest absolute Gasteiger partial charge is 0.545 e. The van der Waals surface area contributed by atoms with Crippen molar-refractivity contribution < 1.29 is 104 Å². The third kappa shape index (κ3) is 38.3. The van der Waals surface area contributed by atoms with Gasteiger partial charge in [0.2, 0.25) is 17.1 Å². The minimum absolute atomic E-state index is 0. The van der Waals surface area contributed by atoms with Gasteiger partial charge in [-0.25, -0.2) is 21.3 Å². The van der Waals surface area contributed by atoms with Gasteiger partial charge in [0.1, 0.15) is 47.5 Å². The maximum absolute atomic E-state index is 12.1. The Hall–Kier alpha value is -7.10. The summed E-state index contributed by atoms with van der Waals surface area (Å²) in [7, 11) is 0. The molecule has 0 aliphatic carbocycles. The molecule has 4 fully saturated rings. The summed E-state index contributed by atoms with van der Waals surface area (Å²) in [6, 6.07) is 2.39. The van der Waals surface area contributed by atoms with Crippen LogP contribution in [0.25, 0.3) is 10.9 Å². The van der Waals surface area contributed by atoms with Crippen molar-refractivity contribution in [2.45, 2.75) is 177 Å². The number of carbonyl (C=O) groups is 10. The van der Waals surface area contributed by atoms with Crippen molar-refractivity contribution in [1.29, 1.82) is 0 Å². The Morgan fingerprint density at radius 3 is 1.26 bits per heavy atom. The van der Waals surface area contributed by atoms with E-state index in [1.165, 1.54) is 18.2 Å². The van der Waals surface area contributed by atoms with E-state index in [2.05, 4.69) is 70.0 Å². The van der Waals surface area contributed by atoms with E-state index in [1.807, 2.05) is 18.2 Å². The van der Waals surface area contributed by atoms with E-state index < -0.39 is 89.4 Å². The third-order valence-corrected chi connectivity index (χ3v) is 13.5. The van der Waals surface area contributed by atoms with Crippen molar-refractivity contribution in [3.8, 4) is 5.75 Å². The number of benzene rings is 1. The average molecular weight is 1420 g/mol. The predicted molar refractivity (Wildman–Crippen MR) is 348 cm³/mol. The number of unbranched alkanes of at least 4 members (excludes halogenated alkanes) is 7. The largest absolute Gasteiger partial charge is 1.00 e. The van der Waals surface area contributed by atoms with E-state index >= 15 is 0 Å². The molecule has 5 heterocycles. The Bertz CT molecular complexity index is 2590. The molecule has 4 saturated heterocycles. The number of para-hydroxylation sites is 1. The zero-order valence-electron chi connectivity index (χ0n) is 52.7. The van der Waals surface area contributed by atoms with Crippen LogP contribution in [0.2, 0.25) is 0 Å². The van der Waals surface area contributed by atoms with E-state index in [4.69, 9.17) is 74.2 Å². The fourth-order valence-corrected chi connectivity index (χ4v) is 8.41. The molecule has 19 N–H and O–H groups in total. The molecule has 0 unspecified atom stereocenters. The van der Waals surface area contributed by atoms with Crippen LogP contribution in [0.3, 0.4) is 0 Å². The number of rotatable bonds is 34. The number of hydrogen-bond donors (Lipinski definition) is 14. The first-order chi connectivity index (χ1) is 43.9. The molecule has 1 aromatic heterocycles. The van der Waals surface area contributed by atoms with Gasteiger partial charge in [-0.05, 0) is 158 Å². The van der Waals surface area contributed by atoms with Gasteiger partial charge in [0.25, 0.3) is 0 Å². The summed E-state index contributed by atoms with van der Waals surface area (Å²) < 4.78 is 20.9. The fraction of sp³-hybridized carbons (Fsp3) is 0.541. The molecule has 2 aromatic rings. The molecule has 0 bridgehead atoms. The number of halogens is 2. The van der Waals surface area contributed by atoms with Gasteiger partial charge in [-0.3, -0.25) is 59.7 Å². The summed E-state index contributed by atoms with van der Waals surface area (Å²) in [5, 5.41) is 43.6. The quantitative estimate of drug-likeness (QED) is 0.00907. The number of phenolic OH excluding ortho intramolecular Hbond substituents is 1. The summed E-state index contributed by atoms with van der Waals surface area (Å²) in [4.78, 5) is 123. The number of carbonyl (C=O) groups excluding carboxylic acids is 9. The van der Waals surface area contributed by atoms with Crippen LogP contribution in [0.5, 0.6) is 5.75 Å². The molecule has 6 rings (SSSR count). The van der Waals surface area contributed by atoms with Crippen molar-refractivity contribution >= 4 is 100 Å². The number of nitrogens with zero attached hydrogens (tertiary/aromatic N) is 1. The van der Waals surface area contributed by atoms with Gasteiger partial charge in [0.15, 0.2) is 5.78 Å². The number of aliphatic carboxylic acids is 2. The number of nitrogens with two attached hydrogens (primary N) is 5. The van der Waals surface area contributed by atoms with E-state index in [0.717, 1.165) is 69.2 Å². The van der Waals surface area contributed by atoms with Gasteiger partial charge in [-0.2, -0.15) is 0 Å². The van der Waals surface area contributed by atoms with Crippen LogP contribution in [0.1, 0.15) is 128 Å². The van der Waals surface area contributed by atoms with Crippen molar-refractivity contribution in [2.24, 2.45) is 28.7 Å². The van der Waals surface area contributed by atoms with Gasteiger partial charge in [0.05, 0.1) is 0 Å². The molecule has 2 amide bonds. The number of fused-ring (bicyclic) bond motifs is 1. The zero-order chi connectivity index (χ0) is 69.5. The predicted octanol–water partition coefficient (Wildman–Crippen LogP) is 2.11. The second-order valence-corrected chi connectivity index (χ2v) is 20.9. The Kier molecular flexibility index (Phi) is 51.5. The number of hydrogen-bond acceptors (Lipinski definition) is 26. The van der Waals surface area contributed by atoms with E-state index in [0.29, 0.717) is 109 Å². The Balaban J connectivity index is -0.00000112. The molecule has 532 valence electrons. The summed E-state index contributed by atoms with van der Waals surface area (Å²) in [6.45, 7) is 19.2. The van der Waals surface area contributed by atoms with Gasteiger partial charge in [-0.1, -0.05) is 76.6 Å². The molecule has 33 heteroatoms. The second-order valence-electron chi connectivity index (χ2n) is 20.6. The van der Waals surface area contributed by atoms with Gasteiger partial charge < -0.3 is 78.4 Å². The molecule has 2 spiro atoms. The zero-order valence-corrected chi connectivity index (χ0v) is 55.2. The molecule has 30 nitrogen and oxygen atoms in total. The van der Waals surface area contributed by atoms with Crippen molar-refractivity contribution in [3.63, 3.8) is 0 Å². The minimum atomic E-state index is -1.61. The molecule has 1 aromatic carbocycles. The number of amides is 2. The molecule has 4 aliphatic heterocycles. The SMILES string of the molecule is C=CC(=O)CCCCC[C@H](N)C(=O)O.C=CC(=O)Cl.C=CC(=O)NCCCC[C@@H]1NC2(N[C@@H](CCCCNC(=O)C=C)C(=O)O2)OC1=O.Cl.NCCCC[C@@H]1NC2(N[C@@H](CCCCN)C(=O)O2)OC1=O.NCCCC[C@H](N)C(=O)O.Oc1cccc2cccnc12.[CH-]=O.[Cu+]. The number of ketones is 1. The number of allylic oxidation sites excluding steroid dienone is 2. The number of carboxylic acids is 2. The third-order valence-electron chi connectivity index (χ3n) is 13.3. The van der Waals surface area contributed by atoms with Gasteiger partial charge in [-0.15, -0.1) is 12.4 Å². The van der Waals surface area contributed by atoms with Crippen LogP contribution in [-0.4, -0.2) is 167 Å². The van der Waals surface area contributed by atoms with Crippen LogP contribution in [-0.2, 0) is 88.8 Å². The molecule has 0 radical (unpaired) electrons. The Labute approximate surface area is 569 Å². The van der Waals surface area contributed by atoms with Crippen LogP contribution in [0.15, 0.2) is 87.1 Å². The Morgan fingerprint density at radius 1 is 0.574 bits per heavy atom. The average Bonchev–Trinajstić information content (AvgIpc) is 1.63. The van der Waals surface area contributed by atoms with Crippen LogP contribution >= 0.6 is 24.0 Å². The molecule has 4 aliphatic rings. The van der Waals surface area contributed by atoms with Gasteiger partial charge >= 0.3 is 65.0 Å². The minimum Gasteiger partial charge on any atom is -0.545 e. The Morgan fingerprint density at radius 2 is 0.926 bits per heavy atom. The number of nitrogens with one attached hydrogen (secondary N) is 6. The van der Waals surface area contributed by atoms with Crippen molar-refractivity contribution in [3.05, 3.63) is 87.1 Å². The maximum Gasteiger partial charge on any atom is 1.00 e. The maximum atomic E-state index is 12.1. The standard InChI is InChI=1S/C19H28N4O6.C13H24N4O4.C10H17NO3.C9H7NO.C6H14N2O2.C3H3ClO.CHO.ClH.Cu/c1-3-15(24)20-11-7-5-9-13-17(26)28-19(22-13)23-14(18(27)29-19)10-6-8-12-21-16(25)4-2;14-7-3-1-5-9-11(18)20-13(16-9)17-10(12(19)21-13)6-2-4-8-15;1-2-8(12)6-4-3-5-7-9(11)10(13)14;11-8-5-1-3-7-4-2-6-10-9(7)8;7-4-2-1-3-5(8)6(9)10;1-2-3(4)5;1-2;;/h3-4,13-14,22-23H,1-2,5-12H2,(H,20,24)(H,21,25);9-10,16-17H,1-8,14-15H2;2,9H,1,3-7,11H2,(H,13,14);1-6,11H;5H,1-4,7-8H2,(H,9,10);2H,1H2;1H;1H;/q;;;;;;-1;;+1/t13-,14-,19?;9-,10-,13?;9-;;5-;;;;/m000.0..../s1. The van der Waals surface area contributed by atoms with Crippen LogP contribution in [0.4, 0.5) is 0 Å².